The summed E-state index contributed by atoms with van der Waals surface area (Å²) in [5.41, 5.74) is 3.82. The number of hydrogen-bond donors (Lipinski definition) is 2. The highest BCUT2D eigenvalue weighted by Crippen LogP contribution is 2.31. The molecule has 2 nitrogen and oxygen atoms in total. The summed E-state index contributed by atoms with van der Waals surface area (Å²) in [5, 5.41) is 20.0. The maximum absolute atomic E-state index is 10.0. The Morgan fingerprint density at radius 1 is 0.708 bits per heavy atom. The van der Waals surface area contributed by atoms with Crippen molar-refractivity contribution in [1.29, 1.82) is 0 Å². The third-order valence-corrected chi connectivity index (χ3v) is 5.58. The SMILES string of the molecule is CC(C)=CCC/C(C)=C/C(O)SSC(O)/C=C(\C)CCC=C(C)C. The van der Waals surface area contributed by atoms with E-state index in [1.54, 1.807) is 0 Å². The third-order valence-electron chi connectivity index (χ3n) is 3.29. The molecule has 0 bridgehead atoms. The normalized spacial score (nSPS) is 15.0. The van der Waals surface area contributed by atoms with Gasteiger partial charge in [-0.15, -0.1) is 0 Å². The molecule has 0 aromatic rings. The van der Waals surface area contributed by atoms with E-state index in [9.17, 15) is 10.2 Å². The molecule has 2 N–H and O–H groups in total. The van der Waals surface area contributed by atoms with Crippen molar-refractivity contribution in [3.63, 3.8) is 0 Å². The van der Waals surface area contributed by atoms with Gasteiger partial charge in [0.25, 0.3) is 0 Å². The highest BCUT2D eigenvalue weighted by molar-refractivity contribution is 8.77. The lowest BCUT2D eigenvalue weighted by Gasteiger charge is -2.10. The van der Waals surface area contributed by atoms with Crippen LogP contribution in [0.4, 0.5) is 0 Å². The van der Waals surface area contributed by atoms with Crippen LogP contribution in [0.2, 0.25) is 0 Å². The van der Waals surface area contributed by atoms with Crippen LogP contribution in [0.5, 0.6) is 0 Å². The average molecular weight is 371 g/mol. The topological polar surface area (TPSA) is 40.5 Å². The van der Waals surface area contributed by atoms with Crippen LogP contribution in [0.1, 0.15) is 67.2 Å². The Balaban J connectivity index is 4.17. The first-order chi connectivity index (χ1) is 11.2. The Hall–Kier alpha value is -0.420. The molecule has 138 valence electrons. The van der Waals surface area contributed by atoms with E-state index in [0.717, 1.165) is 25.7 Å². The minimum Gasteiger partial charge on any atom is -0.378 e. The smallest absolute Gasteiger partial charge is 0.128 e. The number of aliphatic hydroxyl groups is 2. The van der Waals surface area contributed by atoms with Gasteiger partial charge in [0.2, 0.25) is 0 Å². The fraction of sp³-hybridized carbons (Fsp3) is 0.600. The van der Waals surface area contributed by atoms with Crippen LogP contribution in [0, 0.1) is 0 Å². The molecule has 0 fully saturated rings. The Bertz CT molecular complexity index is 424. The van der Waals surface area contributed by atoms with E-state index in [4.69, 9.17) is 0 Å². The molecular weight excluding hydrogens is 336 g/mol. The van der Waals surface area contributed by atoms with Gasteiger partial charge in [-0.2, -0.15) is 0 Å². The number of hydrogen-bond acceptors (Lipinski definition) is 4. The molecule has 0 amide bonds. The summed E-state index contributed by atoms with van der Waals surface area (Å²) >= 11 is 0. The molecule has 2 atom stereocenters. The largest absolute Gasteiger partial charge is 0.378 e. The van der Waals surface area contributed by atoms with Crippen molar-refractivity contribution in [2.45, 2.75) is 78.1 Å². The summed E-state index contributed by atoms with van der Waals surface area (Å²) < 4.78 is 0. The molecule has 0 saturated carbocycles. The average Bonchev–Trinajstić information content (AvgIpc) is 2.44. The van der Waals surface area contributed by atoms with E-state index < -0.39 is 10.9 Å². The van der Waals surface area contributed by atoms with Crippen molar-refractivity contribution in [2.75, 3.05) is 0 Å². The van der Waals surface area contributed by atoms with E-state index in [-0.39, 0.29) is 0 Å². The molecule has 0 aliphatic heterocycles. The molecule has 0 aromatic carbocycles. The Kier molecular flexibility index (Phi) is 13.6. The van der Waals surface area contributed by atoms with Crippen molar-refractivity contribution >= 4 is 21.6 Å². The monoisotopic (exact) mass is 370 g/mol. The van der Waals surface area contributed by atoms with E-state index in [2.05, 4.69) is 39.8 Å². The van der Waals surface area contributed by atoms with E-state index in [1.165, 1.54) is 43.9 Å². The van der Waals surface area contributed by atoms with E-state index in [1.807, 2.05) is 26.0 Å². The Labute approximate surface area is 156 Å². The van der Waals surface area contributed by atoms with Crippen molar-refractivity contribution in [1.82, 2.24) is 0 Å². The number of rotatable bonds is 11. The highest BCUT2D eigenvalue weighted by Gasteiger charge is 2.07. The van der Waals surface area contributed by atoms with Gasteiger partial charge in [0.15, 0.2) is 0 Å². The number of allylic oxidation sites excluding steroid dienone is 6. The van der Waals surface area contributed by atoms with Crippen LogP contribution in [-0.4, -0.2) is 21.1 Å². The van der Waals surface area contributed by atoms with Crippen LogP contribution in [-0.2, 0) is 0 Å². The summed E-state index contributed by atoms with van der Waals surface area (Å²) in [7, 11) is 2.59. The van der Waals surface area contributed by atoms with Crippen molar-refractivity contribution in [3.05, 3.63) is 46.6 Å². The summed E-state index contributed by atoms with van der Waals surface area (Å²) in [6, 6.07) is 0. The van der Waals surface area contributed by atoms with Crippen molar-refractivity contribution < 1.29 is 10.2 Å². The first kappa shape index (κ1) is 23.6. The minimum absolute atomic E-state index is 0.587. The minimum atomic E-state index is -0.587. The summed E-state index contributed by atoms with van der Waals surface area (Å²) in [6.07, 6.45) is 12.1. The van der Waals surface area contributed by atoms with Gasteiger partial charge >= 0.3 is 0 Å². The van der Waals surface area contributed by atoms with Gasteiger partial charge in [0.05, 0.1) is 0 Å². The van der Waals surface area contributed by atoms with Crippen molar-refractivity contribution in [3.8, 4) is 0 Å². The highest BCUT2D eigenvalue weighted by atomic mass is 33.1. The molecule has 0 aliphatic carbocycles. The van der Waals surface area contributed by atoms with Gasteiger partial charge in [-0.25, -0.2) is 0 Å². The predicted molar refractivity (Wildman–Crippen MR) is 112 cm³/mol. The van der Waals surface area contributed by atoms with Crippen LogP contribution >= 0.6 is 21.6 Å². The second kappa shape index (κ2) is 13.8. The maximum atomic E-state index is 10.0. The first-order valence-electron chi connectivity index (χ1n) is 8.50. The van der Waals surface area contributed by atoms with E-state index in [0.29, 0.717) is 0 Å². The molecule has 0 rings (SSSR count). The standard InChI is InChI=1S/C20H34O2S2/c1-15(2)9-7-11-17(5)13-19(21)23-24-20(22)14-18(6)12-8-10-16(3)4/h9-10,13-14,19-22H,7-8,11-12H2,1-6H3/b17-13+,18-14+. The molecule has 0 heterocycles. The van der Waals surface area contributed by atoms with Crippen LogP contribution < -0.4 is 0 Å². The summed E-state index contributed by atoms with van der Waals surface area (Å²) in [4.78, 5) is 0. The van der Waals surface area contributed by atoms with Gasteiger partial charge in [-0.3, -0.25) is 0 Å². The van der Waals surface area contributed by atoms with Gasteiger partial charge in [0.1, 0.15) is 10.9 Å². The summed E-state index contributed by atoms with van der Waals surface area (Å²) in [6.45, 7) is 12.5. The van der Waals surface area contributed by atoms with Crippen LogP contribution in [0.15, 0.2) is 46.6 Å². The number of aliphatic hydroxyl groups excluding tert-OH is 2. The van der Waals surface area contributed by atoms with Gasteiger partial charge < -0.3 is 10.2 Å². The maximum Gasteiger partial charge on any atom is 0.128 e. The fourth-order valence-electron chi connectivity index (χ4n) is 2.00. The lowest BCUT2D eigenvalue weighted by atomic mass is 10.1. The van der Waals surface area contributed by atoms with Gasteiger partial charge in [-0.05, 0) is 79.4 Å². The molecule has 0 saturated heterocycles. The van der Waals surface area contributed by atoms with E-state index >= 15 is 0 Å². The molecular formula is C20H34O2S2. The third kappa shape index (κ3) is 15.1. The quantitative estimate of drug-likeness (QED) is 0.251. The fourth-order valence-corrected chi connectivity index (χ4v) is 3.82. The lowest BCUT2D eigenvalue weighted by Crippen LogP contribution is -2.00. The molecule has 0 radical (unpaired) electrons. The molecule has 0 spiro atoms. The molecule has 0 aliphatic rings. The molecule has 24 heavy (non-hydrogen) atoms. The first-order valence-corrected chi connectivity index (χ1v) is 10.8. The zero-order valence-corrected chi connectivity index (χ0v) is 17.6. The molecule has 4 heteroatoms. The Morgan fingerprint density at radius 3 is 1.33 bits per heavy atom. The molecule has 2 unspecified atom stereocenters. The Morgan fingerprint density at radius 2 is 1.04 bits per heavy atom. The zero-order valence-electron chi connectivity index (χ0n) is 16.0. The second-order valence-corrected chi connectivity index (χ2v) is 9.15. The zero-order chi connectivity index (χ0) is 18.5. The molecule has 0 aromatic heterocycles. The lowest BCUT2D eigenvalue weighted by molar-refractivity contribution is 0.306. The van der Waals surface area contributed by atoms with Crippen molar-refractivity contribution in [2.24, 2.45) is 0 Å². The van der Waals surface area contributed by atoms with Crippen LogP contribution in [0.3, 0.4) is 0 Å². The second-order valence-electron chi connectivity index (χ2n) is 6.64. The van der Waals surface area contributed by atoms with Gasteiger partial charge in [-0.1, -0.05) is 56.0 Å². The van der Waals surface area contributed by atoms with Crippen LogP contribution in [0.25, 0.3) is 0 Å². The van der Waals surface area contributed by atoms with Gasteiger partial charge in [0, 0.05) is 0 Å². The summed E-state index contributed by atoms with van der Waals surface area (Å²) in [5.74, 6) is 0. The predicted octanol–water partition coefficient (Wildman–Crippen LogP) is 6.39.